The van der Waals surface area contributed by atoms with Gasteiger partial charge in [-0.3, -0.25) is 4.79 Å². The molecule has 0 aliphatic carbocycles. The molecule has 0 saturated carbocycles. The van der Waals surface area contributed by atoms with Crippen molar-refractivity contribution in [2.45, 2.75) is 26.3 Å². The van der Waals surface area contributed by atoms with Crippen molar-refractivity contribution in [2.75, 3.05) is 0 Å². The Morgan fingerprint density at radius 3 is 3.14 bits per heavy atom. The van der Waals surface area contributed by atoms with Gasteiger partial charge in [-0.2, -0.15) is 0 Å². The number of carbonyl (C=O) groups excluding carboxylic acids is 1. The van der Waals surface area contributed by atoms with E-state index < -0.39 is 0 Å². The number of ketones is 1. The summed E-state index contributed by atoms with van der Waals surface area (Å²) in [4.78, 5) is 19.8. The lowest BCUT2D eigenvalue weighted by Crippen LogP contribution is -2.05. The van der Waals surface area contributed by atoms with Gasteiger partial charge in [0.2, 0.25) is 0 Å². The Labute approximate surface area is 128 Å². The van der Waals surface area contributed by atoms with Gasteiger partial charge in [0.05, 0.1) is 17.5 Å². The predicted molar refractivity (Wildman–Crippen MR) is 86.9 cm³/mol. The zero-order valence-electron chi connectivity index (χ0n) is 12.5. The second-order valence-electron chi connectivity index (χ2n) is 5.76. The van der Waals surface area contributed by atoms with Gasteiger partial charge in [-0.1, -0.05) is 18.2 Å². The molecule has 4 nitrogen and oxygen atoms in total. The van der Waals surface area contributed by atoms with Gasteiger partial charge in [-0.25, -0.2) is 4.98 Å². The SMILES string of the molecule is Cc1[nH]cnc1/C=C/C(=O)c1cn2c3c(cccc13)CCC2. The van der Waals surface area contributed by atoms with Crippen LogP contribution in [0.2, 0.25) is 0 Å². The van der Waals surface area contributed by atoms with Crippen LogP contribution in [0.5, 0.6) is 0 Å². The highest BCUT2D eigenvalue weighted by atomic mass is 16.1. The smallest absolute Gasteiger partial charge is 0.188 e. The van der Waals surface area contributed by atoms with E-state index in [9.17, 15) is 4.79 Å². The van der Waals surface area contributed by atoms with Gasteiger partial charge in [0.1, 0.15) is 0 Å². The number of hydrogen-bond acceptors (Lipinski definition) is 2. The molecule has 0 bridgehead atoms. The summed E-state index contributed by atoms with van der Waals surface area (Å²) >= 11 is 0. The number of allylic oxidation sites excluding steroid dienone is 1. The lowest BCUT2D eigenvalue weighted by atomic mass is 10.0. The molecule has 0 atom stereocenters. The molecular formula is C18H17N3O. The first-order valence-electron chi connectivity index (χ1n) is 7.57. The number of rotatable bonds is 3. The van der Waals surface area contributed by atoms with Crippen LogP contribution < -0.4 is 0 Å². The van der Waals surface area contributed by atoms with Gasteiger partial charge in [0, 0.05) is 29.4 Å². The van der Waals surface area contributed by atoms with Crippen molar-refractivity contribution in [3.8, 4) is 0 Å². The van der Waals surface area contributed by atoms with Gasteiger partial charge in [-0.15, -0.1) is 0 Å². The minimum atomic E-state index is 0.0326. The summed E-state index contributed by atoms with van der Waals surface area (Å²) < 4.78 is 2.22. The van der Waals surface area contributed by atoms with Crippen LogP contribution in [0.4, 0.5) is 0 Å². The largest absolute Gasteiger partial charge is 0.348 e. The average Bonchev–Trinajstić information content (AvgIpc) is 3.11. The number of para-hydroxylation sites is 1. The van der Waals surface area contributed by atoms with Crippen LogP contribution in [0.3, 0.4) is 0 Å². The molecule has 3 aromatic rings. The number of benzene rings is 1. The molecule has 4 heteroatoms. The Hall–Kier alpha value is -2.62. The van der Waals surface area contributed by atoms with Crippen LogP contribution in [-0.4, -0.2) is 20.3 Å². The van der Waals surface area contributed by atoms with Crippen LogP contribution in [0, 0.1) is 6.92 Å². The monoisotopic (exact) mass is 291 g/mol. The van der Waals surface area contributed by atoms with E-state index in [0.717, 1.165) is 41.7 Å². The van der Waals surface area contributed by atoms with E-state index in [2.05, 4.69) is 20.6 Å². The molecule has 1 aromatic carbocycles. The fourth-order valence-electron chi connectivity index (χ4n) is 3.23. The van der Waals surface area contributed by atoms with E-state index in [0.29, 0.717) is 0 Å². The first-order chi connectivity index (χ1) is 10.7. The highest BCUT2D eigenvalue weighted by Gasteiger charge is 2.18. The first kappa shape index (κ1) is 13.1. The second-order valence-corrected chi connectivity index (χ2v) is 5.76. The molecule has 110 valence electrons. The van der Waals surface area contributed by atoms with E-state index in [1.54, 1.807) is 18.5 Å². The van der Waals surface area contributed by atoms with Crippen molar-refractivity contribution in [3.05, 3.63) is 59.3 Å². The number of imidazole rings is 1. The van der Waals surface area contributed by atoms with Crippen LogP contribution in [-0.2, 0) is 13.0 Å². The molecule has 3 heterocycles. The van der Waals surface area contributed by atoms with Gasteiger partial charge < -0.3 is 9.55 Å². The summed E-state index contributed by atoms with van der Waals surface area (Å²) in [7, 11) is 0. The molecule has 1 aliphatic rings. The number of nitrogens with one attached hydrogen (secondary N) is 1. The molecule has 0 unspecified atom stereocenters. The fourth-order valence-corrected chi connectivity index (χ4v) is 3.23. The predicted octanol–water partition coefficient (Wildman–Crippen LogP) is 3.52. The molecule has 0 radical (unpaired) electrons. The number of hydrogen-bond donors (Lipinski definition) is 1. The molecule has 22 heavy (non-hydrogen) atoms. The quantitative estimate of drug-likeness (QED) is 0.593. The van der Waals surface area contributed by atoms with Crippen molar-refractivity contribution in [1.82, 2.24) is 14.5 Å². The third-order valence-electron chi connectivity index (χ3n) is 4.35. The van der Waals surface area contributed by atoms with Gasteiger partial charge in [0.25, 0.3) is 0 Å². The zero-order valence-corrected chi connectivity index (χ0v) is 12.5. The lowest BCUT2D eigenvalue weighted by Gasteiger charge is -2.14. The molecular weight excluding hydrogens is 274 g/mol. The summed E-state index contributed by atoms with van der Waals surface area (Å²) in [6.07, 6.45) is 9.26. The van der Waals surface area contributed by atoms with Crippen molar-refractivity contribution >= 4 is 22.8 Å². The van der Waals surface area contributed by atoms with Crippen molar-refractivity contribution in [3.63, 3.8) is 0 Å². The maximum atomic E-state index is 12.6. The normalized spacial score (nSPS) is 14.0. The number of aryl methyl sites for hydroxylation is 3. The fraction of sp³-hybridized carbons (Fsp3) is 0.222. The molecule has 1 aliphatic heterocycles. The highest BCUT2D eigenvalue weighted by molar-refractivity contribution is 6.15. The molecule has 2 aromatic heterocycles. The Kier molecular flexibility index (Phi) is 2.96. The topological polar surface area (TPSA) is 50.7 Å². The second kappa shape index (κ2) is 4.98. The van der Waals surface area contributed by atoms with Crippen LogP contribution >= 0.6 is 0 Å². The molecule has 0 amide bonds. The lowest BCUT2D eigenvalue weighted by molar-refractivity contribution is 0.104. The highest BCUT2D eigenvalue weighted by Crippen LogP contribution is 2.29. The number of H-pyrrole nitrogens is 1. The summed E-state index contributed by atoms with van der Waals surface area (Å²) in [5.74, 6) is 0.0326. The maximum absolute atomic E-state index is 12.6. The van der Waals surface area contributed by atoms with Gasteiger partial charge in [-0.05, 0) is 37.5 Å². The number of carbonyl (C=O) groups is 1. The Morgan fingerprint density at radius 2 is 2.32 bits per heavy atom. The van der Waals surface area contributed by atoms with Crippen molar-refractivity contribution in [1.29, 1.82) is 0 Å². The summed E-state index contributed by atoms with van der Waals surface area (Å²) in [5.41, 5.74) is 5.12. The minimum Gasteiger partial charge on any atom is -0.348 e. The molecule has 0 spiro atoms. The third kappa shape index (κ3) is 1.99. The molecule has 0 fully saturated rings. The van der Waals surface area contributed by atoms with E-state index in [4.69, 9.17) is 0 Å². The van der Waals surface area contributed by atoms with Crippen LogP contribution in [0.15, 0.2) is 36.8 Å². The van der Waals surface area contributed by atoms with Crippen LogP contribution in [0.25, 0.3) is 17.0 Å². The van der Waals surface area contributed by atoms with Crippen molar-refractivity contribution < 1.29 is 4.79 Å². The van der Waals surface area contributed by atoms with Gasteiger partial charge in [0.15, 0.2) is 5.78 Å². The van der Waals surface area contributed by atoms with E-state index >= 15 is 0 Å². The third-order valence-corrected chi connectivity index (χ3v) is 4.35. The van der Waals surface area contributed by atoms with Crippen LogP contribution in [0.1, 0.15) is 33.7 Å². The Balaban J connectivity index is 1.76. The summed E-state index contributed by atoms with van der Waals surface area (Å²) in [6, 6.07) is 6.25. The first-order valence-corrected chi connectivity index (χ1v) is 7.57. The molecule has 1 N–H and O–H groups in total. The van der Waals surface area contributed by atoms with E-state index in [1.807, 2.05) is 25.3 Å². The summed E-state index contributed by atoms with van der Waals surface area (Å²) in [5, 5.41) is 1.06. The minimum absolute atomic E-state index is 0.0326. The van der Waals surface area contributed by atoms with Gasteiger partial charge >= 0.3 is 0 Å². The summed E-state index contributed by atoms with van der Waals surface area (Å²) in [6.45, 7) is 2.93. The standard InChI is InChI=1S/C18H17N3O/c1-12-16(20-11-19-12)7-8-17(22)15-10-21-9-3-5-13-4-2-6-14(15)18(13)21/h2,4,6-8,10-11H,3,5,9H2,1H3,(H,19,20)/b8-7+. The molecule has 4 rings (SSSR count). The Morgan fingerprint density at radius 1 is 1.41 bits per heavy atom. The number of aromatic amines is 1. The van der Waals surface area contributed by atoms with Crippen molar-refractivity contribution in [2.24, 2.45) is 0 Å². The zero-order chi connectivity index (χ0) is 15.1. The number of nitrogens with zero attached hydrogens (tertiary/aromatic N) is 2. The maximum Gasteiger partial charge on any atom is 0.188 e. The Bertz CT molecular complexity index is 898. The molecule has 0 saturated heterocycles. The number of aromatic nitrogens is 3. The average molecular weight is 291 g/mol. The van der Waals surface area contributed by atoms with E-state index in [-0.39, 0.29) is 5.78 Å². The van der Waals surface area contributed by atoms with E-state index in [1.165, 1.54) is 11.1 Å².